The van der Waals surface area contributed by atoms with Crippen LogP contribution in [0.4, 0.5) is 0 Å². The van der Waals surface area contributed by atoms with Crippen LogP contribution in [0.3, 0.4) is 0 Å². The van der Waals surface area contributed by atoms with Gasteiger partial charge < -0.3 is 24.6 Å². The Bertz CT molecular complexity index is 862. The van der Waals surface area contributed by atoms with Gasteiger partial charge in [-0.15, -0.1) is 0 Å². The minimum absolute atomic E-state index is 0.0856. The normalized spacial score (nSPS) is 17.7. The molecule has 0 bridgehead atoms. The number of rotatable bonds is 10. The van der Waals surface area contributed by atoms with Crippen LogP contribution in [0.25, 0.3) is 0 Å². The van der Waals surface area contributed by atoms with Gasteiger partial charge >= 0.3 is 0 Å². The van der Waals surface area contributed by atoms with E-state index in [1.54, 1.807) is 0 Å². The van der Waals surface area contributed by atoms with E-state index in [9.17, 15) is 5.11 Å². The zero-order valence-electron chi connectivity index (χ0n) is 18.2. The number of hydrogen-bond donors (Lipinski definition) is 2. The van der Waals surface area contributed by atoms with Crippen LogP contribution in [0.5, 0.6) is 11.5 Å². The second-order valence-corrected chi connectivity index (χ2v) is 9.23. The van der Waals surface area contributed by atoms with E-state index < -0.39 is 6.10 Å². The smallest absolute Gasteiger partial charge is 0.231 e. The minimum atomic E-state index is -0.550. The van der Waals surface area contributed by atoms with E-state index >= 15 is 0 Å². The van der Waals surface area contributed by atoms with Gasteiger partial charge in [-0.3, -0.25) is 0 Å². The summed E-state index contributed by atoms with van der Waals surface area (Å²) >= 11 is 0. The van der Waals surface area contributed by atoms with Crippen molar-refractivity contribution in [3.05, 3.63) is 59.2 Å². The third-order valence-corrected chi connectivity index (χ3v) is 5.91. The molecule has 2 aliphatic rings. The second-order valence-electron chi connectivity index (χ2n) is 9.23. The van der Waals surface area contributed by atoms with E-state index in [0.717, 1.165) is 17.9 Å². The molecule has 30 heavy (non-hydrogen) atoms. The van der Waals surface area contributed by atoms with Gasteiger partial charge in [-0.25, -0.2) is 0 Å². The van der Waals surface area contributed by atoms with Crippen molar-refractivity contribution < 1.29 is 19.3 Å². The van der Waals surface area contributed by atoms with Gasteiger partial charge in [-0.1, -0.05) is 30.3 Å². The van der Waals surface area contributed by atoms with Crippen LogP contribution in [-0.2, 0) is 11.2 Å². The van der Waals surface area contributed by atoms with Crippen LogP contribution in [-0.4, -0.2) is 36.7 Å². The van der Waals surface area contributed by atoms with Crippen LogP contribution in [0, 0.1) is 12.8 Å². The third kappa shape index (κ3) is 5.34. The molecule has 5 heteroatoms. The lowest BCUT2D eigenvalue weighted by molar-refractivity contribution is -0.0213. The lowest BCUT2D eigenvalue weighted by Crippen LogP contribution is -2.46. The molecule has 2 atom stereocenters. The Hall–Kier alpha value is -2.08. The Labute approximate surface area is 179 Å². The Balaban J connectivity index is 1.27. The molecule has 1 fully saturated rings. The van der Waals surface area contributed by atoms with Gasteiger partial charge in [0.2, 0.25) is 6.79 Å². The average molecular weight is 412 g/mol. The SMILES string of the molecule is Cc1ccccc1C(OCC(O)CNC(C)(C)Cc1ccc2c(c1)OCO2)C1CC1. The van der Waals surface area contributed by atoms with Crippen molar-refractivity contribution in [1.29, 1.82) is 0 Å². The molecular weight excluding hydrogens is 378 g/mol. The standard InChI is InChI=1S/C25H33NO4/c1-17-6-4-5-7-21(17)24(19-9-10-19)28-15-20(27)14-26-25(2,3)13-18-8-11-22-23(12-18)30-16-29-22/h4-8,11-12,19-20,24,26-27H,9-10,13-16H2,1-3H3. The predicted molar refractivity (Wildman–Crippen MR) is 117 cm³/mol. The molecule has 1 aliphatic heterocycles. The van der Waals surface area contributed by atoms with Crippen LogP contribution in [0.1, 0.15) is 49.5 Å². The van der Waals surface area contributed by atoms with Crippen molar-refractivity contribution in [2.45, 2.75) is 57.8 Å². The summed E-state index contributed by atoms with van der Waals surface area (Å²) < 4.78 is 17.1. The molecule has 2 aromatic rings. The zero-order valence-corrected chi connectivity index (χ0v) is 18.2. The van der Waals surface area contributed by atoms with E-state index in [-0.39, 0.29) is 18.4 Å². The number of benzene rings is 2. The first kappa shape index (κ1) is 21.2. The van der Waals surface area contributed by atoms with Crippen LogP contribution in [0.2, 0.25) is 0 Å². The molecule has 5 nitrogen and oxygen atoms in total. The van der Waals surface area contributed by atoms with Crippen LogP contribution < -0.4 is 14.8 Å². The first-order valence-electron chi connectivity index (χ1n) is 10.9. The molecule has 4 rings (SSSR count). The fourth-order valence-electron chi connectivity index (χ4n) is 4.08. The van der Waals surface area contributed by atoms with Gasteiger partial charge in [-0.05, 0) is 74.8 Å². The highest BCUT2D eigenvalue weighted by atomic mass is 16.7. The Kier molecular flexibility index (Phi) is 6.32. The fraction of sp³-hybridized carbons (Fsp3) is 0.520. The van der Waals surface area contributed by atoms with Gasteiger partial charge in [0.25, 0.3) is 0 Å². The summed E-state index contributed by atoms with van der Waals surface area (Å²) in [6.45, 7) is 7.53. The topological polar surface area (TPSA) is 60.0 Å². The van der Waals surface area contributed by atoms with E-state index in [2.05, 4.69) is 56.4 Å². The molecule has 0 radical (unpaired) electrons. The number of β-amino-alcohol motifs (C(OH)–C–C–N with tert-alkyl or cyclic N) is 1. The number of nitrogens with one attached hydrogen (secondary N) is 1. The maximum atomic E-state index is 10.5. The summed E-state index contributed by atoms with van der Waals surface area (Å²) in [4.78, 5) is 0. The van der Waals surface area contributed by atoms with Crippen molar-refractivity contribution in [2.75, 3.05) is 19.9 Å². The van der Waals surface area contributed by atoms with Gasteiger partial charge in [0.05, 0.1) is 18.8 Å². The highest BCUT2D eigenvalue weighted by molar-refractivity contribution is 5.44. The Morgan fingerprint density at radius 2 is 1.90 bits per heavy atom. The molecule has 2 aromatic carbocycles. The summed E-state index contributed by atoms with van der Waals surface area (Å²) in [5.41, 5.74) is 3.52. The zero-order chi connectivity index (χ0) is 21.1. The number of ether oxygens (including phenoxy) is 3. The number of hydrogen-bond acceptors (Lipinski definition) is 5. The highest BCUT2D eigenvalue weighted by Crippen LogP contribution is 2.44. The maximum Gasteiger partial charge on any atom is 0.231 e. The monoisotopic (exact) mass is 411 g/mol. The van der Waals surface area contributed by atoms with Crippen molar-refractivity contribution in [3.8, 4) is 11.5 Å². The average Bonchev–Trinajstić information content (AvgIpc) is 3.44. The maximum absolute atomic E-state index is 10.5. The molecule has 162 valence electrons. The minimum Gasteiger partial charge on any atom is -0.454 e. The lowest BCUT2D eigenvalue weighted by Gasteiger charge is -2.29. The van der Waals surface area contributed by atoms with E-state index in [0.29, 0.717) is 19.1 Å². The van der Waals surface area contributed by atoms with Crippen molar-refractivity contribution >= 4 is 0 Å². The van der Waals surface area contributed by atoms with Crippen molar-refractivity contribution in [3.63, 3.8) is 0 Å². The summed E-state index contributed by atoms with van der Waals surface area (Å²) in [6, 6.07) is 14.5. The molecule has 0 aromatic heterocycles. The number of aryl methyl sites for hydroxylation is 1. The van der Waals surface area contributed by atoms with Crippen molar-refractivity contribution in [1.82, 2.24) is 5.32 Å². The quantitative estimate of drug-likeness (QED) is 0.615. The third-order valence-electron chi connectivity index (χ3n) is 5.91. The number of aliphatic hydroxyl groups excluding tert-OH is 1. The molecule has 2 N–H and O–H groups in total. The van der Waals surface area contributed by atoms with Crippen LogP contribution >= 0.6 is 0 Å². The molecule has 0 spiro atoms. The second kappa shape index (κ2) is 8.96. The summed E-state index contributed by atoms with van der Waals surface area (Å²) in [5.74, 6) is 2.18. The predicted octanol–water partition coefficient (Wildman–Crippen LogP) is 4.16. The van der Waals surface area contributed by atoms with Gasteiger partial charge in [0.15, 0.2) is 11.5 Å². The molecule has 1 heterocycles. The Morgan fingerprint density at radius 3 is 2.67 bits per heavy atom. The summed E-state index contributed by atoms with van der Waals surface area (Å²) in [7, 11) is 0. The van der Waals surface area contributed by atoms with Gasteiger partial charge in [-0.2, -0.15) is 0 Å². The molecule has 1 saturated carbocycles. The van der Waals surface area contributed by atoms with Crippen molar-refractivity contribution in [2.24, 2.45) is 5.92 Å². The summed E-state index contributed by atoms with van der Waals surface area (Å²) in [5, 5.41) is 14.0. The highest BCUT2D eigenvalue weighted by Gasteiger charge is 2.34. The summed E-state index contributed by atoms with van der Waals surface area (Å²) in [6.07, 6.45) is 2.77. The molecule has 1 aliphatic carbocycles. The number of fused-ring (bicyclic) bond motifs is 1. The first-order valence-corrected chi connectivity index (χ1v) is 10.9. The first-order chi connectivity index (χ1) is 14.4. The van der Waals surface area contributed by atoms with E-state index in [4.69, 9.17) is 14.2 Å². The van der Waals surface area contributed by atoms with E-state index in [1.807, 2.05) is 12.1 Å². The van der Waals surface area contributed by atoms with Gasteiger partial charge in [0.1, 0.15) is 0 Å². The van der Waals surface area contributed by atoms with Gasteiger partial charge in [0, 0.05) is 12.1 Å². The Morgan fingerprint density at radius 1 is 1.13 bits per heavy atom. The largest absolute Gasteiger partial charge is 0.454 e. The lowest BCUT2D eigenvalue weighted by atomic mass is 9.94. The van der Waals surface area contributed by atoms with E-state index in [1.165, 1.54) is 29.5 Å². The number of aliphatic hydroxyl groups is 1. The molecular formula is C25H33NO4. The molecule has 2 unspecified atom stereocenters. The fourth-order valence-corrected chi connectivity index (χ4v) is 4.08. The molecule has 0 amide bonds. The van der Waals surface area contributed by atoms with Crippen LogP contribution in [0.15, 0.2) is 42.5 Å². The molecule has 0 saturated heterocycles.